The minimum Gasteiger partial charge on any atom is -0.384 e. The smallest absolute Gasteiger partial charge is 0.228 e. The summed E-state index contributed by atoms with van der Waals surface area (Å²) in [7, 11) is 0. The molecule has 0 fully saturated rings. The van der Waals surface area contributed by atoms with Gasteiger partial charge in [-0.1, -0.05) is 306 Å². The molecule has 0 atom stereocenters. The Kier molecular flexibility index (Phi) is 39.4. The molecule has 0 aliphatic carbocycles. The molecule has 0 spiro atoms. The van der Waals surface area contributed by atoms with E-state index in [1.807, 2.05) is 233 Å². The SMILES string of the molecule is C.CC(C)C(=O)Cl.CC(C)C(=O)Nc1cccc(Cl)n1.CC(C)C(Cl)=Nc1cccc(Cl)n1.CC(C)c1nnnn1-c1cccc(Cl)n1.CC(C)c1nnnn1-c1cccc(N)n1.CC(C)c1nnnn1-c1cccc(N=C(c2ccccc2)c2ccccc2)n1.N=C(c1ccccc1)c1ccccc1.Nc1cccc(Cl)n1. The first kappa shape index (κ1) is 92.1. The Morgan fingerprint density at radius 1 is 0.381 bits per heavy atom. The topological polar surface area (TPSA) is 355 Å². The number of nitrogen functional groups attached to an aromatic ring is 2. The van der Waals surface area contributed by atoms with Crippen LogP contribution in [0, 0.1) is 23.2 Å². The first-order chi connectivity index (χ1) is 53.6. The van der Waals surface area contributed by atoms with Crippen LogP contribution in [0.4, 0.5) is 29.1 Å². The Bertz CT molecular complexity index is 4900. The molecule has 113 heavy (non-hydrogen) atoms. The largest absolute Gasteiger partial charge is 0.384 e. The lowest BCUT2D eigenvalue weighted by molar-refractivity contribution is -0.119. The maximum Gasteiger partial charge on any atom is 0.228 e. The van der Waals surface area contributed by atoms with Crippen LogP contribution in [0.3, 0.4) is 0 Å². The molecule has 1 amide bonds. The van der Waals surface area contributed by atoms with Crippen LogP contribution in [-0.4, -0.2) is 118 Å². The summed E-state index contributed by atoms with van der Waals surface area (Å²) in [6.07, 6.45) is 0. The van der Waals surface area contributed by atoms with Crippen molar-refractivity contribution in [2.24, 2.45) is 27.7 Å². The highest BCUT2D eigenvalue weighted by Gasteiger charge is 2.17. The van der Waals surface area contributed by atoms with E-state index in [1.165, 1.54) is 0 Å². The number of tetrazole rings is 3. The van der Waals surface area contributed by atoms with Gasteiger partial charge in [-0.2, -0.15) is 14.0 Å². The average Bonchev–Trinajstić information content (AvgIpc) is 1.79. The van der Waals surface area contributed by atoms with Gasteiger partial charge in [-0.3, -0.25) is 15.0 Å². The van der Waals surface area contributed by atoms with Gasteiger partial charge in [0.1, 0.15) is 43.2 Å². The van der Waals surface area contributed by atoms with Gasteiger partial charge in [0.2, 0.25) is 11.1 Å². The Morgan fingerprint density at radius 2 is 0.717 bits per heavy atom. The van der Waals surface area contributed by atoms with E-state index < -0.39 is 0 Å². The highest BCUT2D eigenvalue weighted by Crippen LogP contribution is 2.23. The van der Waals surface area contributed by atoms with E-state index >= 15 is 0 Å². The third-order valence-electron chi connectivity index (χ3n) is 14.4. The number of pyridine rings is 6. The van der Waals surface area contributed by atoms with E-state index in [0.717, 1.165) is 45.4 Å². The lowest BCUT2D eigenvalue weighted by atomic mass is 10.0. The Balaban J connectivity index is 0.000000239. The number of hydrogen-bond acceptors (Lipinski definition) is 22. The fourth-order valence-electron chi connectivity index (χ4n) is 8.67. The van der Waals surface area contributed by atoms with E-state index in [2.05, 4.69) is 86.8 Å². The van der Waals surface area contributed by atoms with Crippen LogP contribution in [0.1, 0.15) is 148 Å². The van der Waals surface area contributed by atoms with Crippen LogP contribution >= 0.6 is 69.6 Å². The zero-order valence-corrected chi connectivity index (χ0v) is 68.1. The van der Waals surface area contributed by atoms with Gasteiger partial charge in [-0.05, 0) is 127 Å². The molecule has 0 unspecified atom stereocenters. The number of nitrogens with one attached hydrogen (secondary N) is 2. The average molecular weight is 1640 g/mol. The van der Waals surface area contributed by atoms with Gasteiger partial charge in [-0.15, -0.1) is 15.3 Å². The third-order valence-corrected chi connectivity index (χ3v) is 16.2. The van der Waals surface area contributed by atoms with E-state index in [-0.39, 0.29) is 54.1 Å². The number of nitrogens with zero attached hydrogens (tertiary/aromatic N) is 20. The summed E-state index contributed by atoms with van der Waals surface area (Å²) in [5, 5.41) is 47.5. The lowest BCUT2D eigenvalue weighted by Crippen LogP contribution is -2.18. The second-order valence-electron chi connectivity index (χ2n) is 25.4. The van der Waals surface area contributed by atoms with Crippen LogP contribution in [0.15, 0.2) is 241 Å². The Morgan fingerprint density at radius 3 is 1.07 bits per heavy atom. The fraction of sp³-hybridized carbons (Fsp3) is 0.235. The molecule has 588 valence electrons. The summed E-state index contributed by atoms with van der Waals surface area (Å²) in [5.74, 6) is 7.52. The van der Waals surface area contributed by atoms with E-state index in [4.69, 9.17) is 91.5 Å². The molecular formula is C81H90Cl6N24O2. The van der Waals surface area contributed by atoms with Gasteiger partial charge < -0.3 is 16.8 Å². The van der Waals surface area contributed by atoms with Gasteiger partial charge in [0.05, 0.1) is 11.4 Å². The quantitative estimate of drug-likeness (QED) is 0.0396. The van der Waals surface area contributed by atoms with Crippen LogP contribution in [-0.2, 0) is 9.59 Å². The highest BCUT2D eigenvalue weighted by atomic mass is 35.5. The third kappa shape index (κ3) is 32.0. The van der Waals surface area contributed by atoms with Crippen LogP contribution in [0.5, 0.6) is 0 Å². The van der Waals surface area contributed by atoms with Crippen molar-refractivity contribution in [3.63, 3.8) is 0 Å². The number of nitrogens with two attached hydrogens (primary N) is 2. The summed E-state index contributed by atoms with van der Waals surface area (Å²) < 4.78 is 4.85. The van der Waals surface area contributed by atoms with E-state index in [0.29, 0.717) is 78.0 Å². The van der Waals surface area contributed by atoms with Crippen molar-refractivity contribution in [2.45, 2.75) is 108 Å². The first-order valence-electron chi connectivity index (χ1n) is 35.0. The van der Waals surface area contributed by atoms with Crippen molar-refractivity contribution < 1.29 is 9.59 Å². The summed E-state index contributed by atoms with van der Waals surface area (Å²) in [6, 6.07) is 71.6. The van der Waals surface area contributed by atoms with Gasteiger partial charge in [0.25, 0.3) is 0 Å². The first-order valence-corrected chi connectivity index (χ1v) is 37.3. The van der Waals surface area contributed by atoms with Gasteiger partial charge >= 0.3 is 0 Å². The highest BCUT2D eigenvalue weighted by molar-refractivity contribution is 6.66. The monoisotopic (exact) mass is 1640 g/mol. The number of hydrogen-bond donors (Lipinski definition) is 4. The molecule has 13 rings (SSSR count). The maximum atomic E-state index is 11.2. The molecule has 13 aromatic rings. The fourth-order valence-corrected chi connectivity index (χ4v) is 9.41. The number of aromatic nitrogens is 18. The number of carbonyl (C=O) groups excluding carboxylic acids is 2. The van der Waals surface area contributed by atoms with E-state index in [1.54, 1.807) is 94.6 Å². The molecule has 4 aromatic carbocycles. The number of rotatable bonds is 16. The zero-order chi connectivity index (χ0) is 81.7. The number of benzene rings is 4. The Hall–Kier alpha value is -11.5. The standard InChI is InChI=1S/C22H20N6.C13H11N.C9H10Cl2N2.C9H10ClN5.C9H11ClN2O.C9H12N6.C5H5ClN2.C4H7ClO.CH4/c1-16(2)22-25-26-27-28(22)20-15-9-14-19(23-20)24-21(17-10-5-3-6-11-17)18-12-7-4-8-13-18;14-13(11-7-3-1-4-8-11)12-9-5-2-6-10-12;1-6(2)9(11)13-8-5-3-4-7(10)12-8;1-6(2)9-12-13-14-15(9)8-5-3-4-7(10)11-8;1-6(2)9(13)12-8-5-3-4-7(10)11-8;1-6(2)9-12-13-14-15(9)8-5-3-4-7(10)11-8;6-4-2-1-3-5(7)8-4;1-3(2)4(5)6;/h3-16H,1-2H3;1-10,14H;3-6H,1-2H3;3-6H,1-2H3;3-6H,1-2H3,(H,11,12,13);3-6H,1-2H3,(H2,10,11);1-3H,(H2,7,8);3H,1-2H3;1H4. The van der Waals surface area contributed by atoms with Gasteiger partial charge in [0, 0.05) is 46.6 Å². The van der Waals surface area contributed by atoms with Crippen molar-refractivity contribution >= 4 is 126 Å². The van der Waals surface area contributed by atoms with Crippen LogP contribution < -0.4 is 16.8 Å². The predicted octanol–water partition coefficient (Wildman–Crippen LogP) is 19.4. The molecule has 9 aromatic heterocycles. The summed E-state index contributed by atoms with van der Waals surface area (Å²) >= 11 is 33.4. The molecule has 0 radical (unpaired) electrons. The Labute approximate surface area is 688 Å². The molecule has 6 N–H and O–H groups in total. The van der Waals surface area contributed by atoms with Crippen molar-refractivity contribution in [1.82, 2.24) is 90.5 Å². The molecule has 26 nitrogen and oxygen atoms in total. The second-order valence-corrected chi connectivity index (χ2v) is 27.8. The van der Waals surface area contributed by atoms with E-state index in [9.17, 15) is 9.59 Å². The summed E-state index contributed by atoms with van der Waals surface area (Å²) in [4.78, 5) is 54.7. The maximum absolute atomic E-state index is 11.2. The minimum atomic E-state index is -0.269. The van der Waals surface area contributed by atoms with Gasteiger partial charge in [-0.25, -0.2) is 39.9 Å². The number of carbonyl (C=O) groups is 2. The summed E-state index contributed by atoms with van der Waals surface area (Å²) in [5.41, 5.74) is 16.3. The molecule has 0 saturated heterocycles. The number of halogens is 6. The van der Waals surface area contributed by atoms with Crippen molar-refractivity contribution in [3.05, 3.63) is 291 Å². The molecule has 0 aliphatic heterocycles. The van der Waals surface area contributed by atoms with Crippen LogP contribution in [0.25, 0.3) is 17.5 Å². The summed E-state index contributed by atoms with van der Waals surface area (Å²) in [6.45, 7) is 23.3. The normalized spacial score (nSPS) is 10.5. The molecule has 0 bridgehead atoms. The molecule has 9 heterocycles. The second kappa shape index (κ2) is 48.3. The molecule has 0 aliphatic rings. The predicted molar refractivity (Wildman–Crippen MR) is 455 cm³/mol. The lowest BCUT2D eigenvalue weighted by Gasteiger charge is -2.09. The molecule has 32 heteroatoms. The van der Waals surface area contributed by atoms with Crippen LogP contribution in [0.2, 0.25) is 20.6 Å². The van der Waals surface area contributed by atoms with Gasteiger partial charge in [0.15, 0.2) is 46.6 Å². The van der Waals surface area contributed by atoms with Crippen molar-refractivity contribution in [2.75, 3.05) is 16.8 Å². The van der Waals surface area contributed by atoms with Crippen molar-refractivity contribution in [3.8, 4) is 17.5 Å². The number of aliphatic imine (C=N–C) groups is 2. The minimum absolute atomic E-state index is 0. The zero-order valence-electron chi connectivity index (χ0n) is 63.6. The van der Waals surface area contributed by atoms with Crippen molar-refractivity contribution in [1.29, 1.82) is 5.41 Å². The molecule has 0 saturated carbocycles. The number of amides is 1. The number of anilines is 3. The molecular weight excluding hydrogens is 1550 g/mol.